The lowest BCUT2D eigenvalue weighted by Gasteiger charge is -2.19. The number of benzene rings is 1. The third kappa shape index (κ3) is 3.70. The number of halogens is 4. The molecule has 1 aromatic rings. The monoisotopic (exact) mass is 290 g/mol. The average Bonchev–Trinajstić information content (AvgIpc) is 2.78. The first-order valence-corrected chi connectivity index (χ1v) is 6.62. The molecule has 0 spiro atoms. The van der Waals surface area contributed by atoms with Gasteiger partial charge < -0.3 is 5.32 Å². The minimum absolute atomic E-state index is 0.143. The van der Waals surface area contributed by atoms with Crippen LogP contribution in [-0.4, -0.2) is 31.6 Å². The minimum Gasteiger partial charge on any atom is -0.319 e. The second-order valence-corrected chi connectivity index (χ2v) is 5.25. The molecule has 0 radical (unpaired) electrons. The van der Waals surface area contributed by atoms with Crippen molar-refractivity contribution in [3.05, 3.63) is 35.1 Å². The predicted molar refractivity (Wildman–Crippen MR) is 68.7 cm³/mol. The van der Waals surface area contributed by atoms with E-state index in [0.717, 1.165) is 32.1 Å². The van der Waals surface area contributed by atoms with Crippen molar-refractivity contribution in [3.63, 3.8) is 0 Å². The third-order valence-corrected chi connectivity index (χ3v) is 3.63. The zero-order valence-corrected chi connectivity index (χ0v) is 11.3. The van der Waals surface area contributed by atoms with Gasteiger partial charge in [-0.05, 0) is 50.2 Å². The first-order chi connectivity index (χ1) is 9.40. The van der Waals surface area contributed by atoms with Crippen LogP contribution in [-0.2, 0) is 12.7 Å². The molecule has 1 atom stereocenters. The number of hydrogen-bond donors (Lipinski definition) is 1. The Bertz CT molecular complexity index is 459. The predicted octanol–water partition coefficient (Wildman–Crippen LogP) is 2.89. The zero-order valence-electron chi connectivity index (χ0n) is 11.3. The molecule has 1 heterocycles. The highest BCUT2D eigenvalue weighted by Gasteiger charge is 2.34. The standard InChI is InChI=1S/C14H18F4N2/c1-19-7-10-4-5-20(8-10)9-11-2-3-12(15)6-13(11)14(16,17)18/h2-3,6,10,19H,4-5,7-9H2,1H3. The molecule has 0 amide bonds. The van der Waals surface area contributed by atoms with Gasteiger partial charge in [-0.3, -0.25) is 4.90 Å². The summed E-state index contributed by atoms with van der Waals surface area (Å²) >= 11 is 0. The van der Waals surface area contributed by atoms with Crippen molar-refractivity contribution in [3.8, 4) is 0 Å². The van der Waals surface area contributed by atoms with Crippen LogP contribution in [0.5, 0.6) is 0 Å². The van der Waals surface area contributed by atoms with E-state index in [-0.39, 0.29) is 12.1 Å². The Morgan fingerprint density at radius 3 is 2.75 bits per heavy atom. The van der Waals surface area contributed by atoms with Gasteiger partial charge in [-0.2, -0.15) is 13.2 Å². The van der Waals surface area contributed by atoms with Crippen LogP contribution >= 0.6 is 0 Å². The Kier molecular flexibility index (Phi) is 4.65. The van der Waals surface area contributed by atoms with E-state index in [4.69, 9.17) is 0 Å². The van der Waals surface area contributed by atoms with Crippen LogP contribution in [0.25, 0.3) is 0 Å². The van der Waals surface area contributed by atoms with Crippen LogP contribution in [0.2, 0.25) is 0 Å². The fourth-order valence-electron chi connectivity index (χ4n) is 2.70. The molecule has 112 valence electrons. The van der Waals surface area contributed by atoms with Crippen molar-refractivity contribution >= 4 is 0 Å². The first-order valence-electron chi connectivity index (χ1n) is 6.62. The highest BCUT2D eigenvalue weighted by molar-refractivity contribution is 5.30. The van der Waals surface area contributed by atoms with Gasteiger partial charge in [0.05, 0.1) is 5.56 Å². The maximum atomic E-state index is 13.0. The maximum absolute atomic E-state index is 13.0. The van der Waals surface area contributed by atoms with Crippen molar-refractivity contribution in [2.24, 2.45) is 5.92 Å². The molecule has 2 rings (SSSR count). The zero-order chi connectivity index (χ0) is 14.8. The summed E-state index contributed by atoms with van der Waals surface area (Å²) in [5, 5.41) is 3.08. The van der Waals surface area contributed by atoms with E-state index >= 15 is 0 Å². The number of alkyl halides is 3. The van der Waals surface area contributed by atoms with Crippen molar-refractivity contribution in [1.82, 2.24) is 10.2 Å². The number of likely N-dealkylation sites (tertiary alicyclic amines) is 1. The van der Waals surface area contributed by atoms with E-state index in [0.29, 0.717) is 12.0 Å². The maximum Gasteiger partial charge on any atom is 0.416 e. The van der Waals surface area contributed by atoms with E-state index in [1.54, 1.807) is 0 Å². The highest BCUT2D eigenvalue weighted by Crippen LogP contribution is 2.33. The molecule has 1 aromatic carbocycles. The number of nitrogens with zero attached hydrogens (tertiary/aromatic N) is 1. The summed E-state index contributed by atoms with van der Waals surface area (Å²) in [4.78, 5) is 1.99. The third-order valence-electron chi connectivity index (χ3n) is 3.63. The lowest BCUT2D eigenvalue weighted by Crippen LogP contribution is -2.25. The first kappa shape index (κ1) is 15.3. The van der Waals surface area contributed by atoms with E-state index in [1.807, 2.05) is 11.9 Å². The van der Waals surface area contributed by atoms with Gasteiger partial charge in [-0.15, -0.1) is 0 Å². The van der Waals surface area contributed by atoms with Crippen molar-refractivity contribution in [2.75, 3.05) is 26.7 Å². The Morgan fingerprint density at radius 1 is 1.35 bits per heavy atom. The average molecular weight is 290 g/mol. The molecule has 2 nitrogen and oxygen atoms in total. The molecular weight excluding hydrogens is 272 g/mol. The smallest absolute Gasteiger partial charge is 0.319 e. The van der Waals surface area contributed by atoms with Crippen molar-refractivity contribution in [2.45, 2.75) is 19.1 Å². The summed E-state index contributed by atoms with van der Waals surface area (Å²) in [6.07, 6.45) is -3.54. The fraction of sp³-hybridized carbons (Fsp3) is 0.571. The lowest BCUT2D eigenvalue weighted by atomic mass is 10.1. The number of hydrogen-bond acceptors (Lipinski definition) is 2. The Balaban J connectivity index is 2.10. The van der Waals surface area contributed by atoms with Crippen LogP contribution in [0.1, 0.15) is 17.5 Å². The molecule has 1 saturated heterocycles. The quantitative estimate of drug-likeness (QED) is 0.858. The van der Waals surface area contributed by atoms with E-state index in [1.165, 1.54) is 6.07 Å². The van der Waals surface area contributed by atoms with Crippen molar-refractivity contribution in [1.29, 1.82) is 0 Å². The van der Waals surface area contributed by atoms with Gasteiger partial charge in [-0.1, -0.05) is 6.07 Å². The highest BCUT2D eigenvalue weighted by atomic mass is 19.4. The molecule has 0 aliphatic carbocycles. The molecular formula is C14H18F4N2. The number of rotatable bonds is 4. The summed E-state index contributed by atoms with van der Waals surface area (Å²) in [7, 11) is 1.87. The van der Waals surface area contributed by atoms with Gasteiger partial charge in [0.1, 0.15) is 5.82 Å². The Labute approximate surface area is 115 Å². The molecule has 1 aliphatic rings. The normalized spacial score (nSPS) is 20.6. The molecule has 1 aliphatic heterocycles. The van der Waals surface area contributed by atoms with E-state index in [9.17, 15) is 17.6 Å². The summed E-state index contributed by atoms with van der Waals surface area (Å²) in [5.41, 5.74) is -0.724. The molecule has 0 bridgehead atoms. The minimum atomic E-state index is -4.51. The van der Waals surface area contributed by atoms with E-state index in [2.05, 4.69) is 5.32 Å². The van der Waals surface area contributed by atoms with Crippen molar-refractivity contribution < 1.29 is 17.6 Å². The fourth-order valence-corrected chi connectivity index (χ4v) is 2.70. The van der Waals surface area contributed by atoms with Crippen LogP contribution in [0, 0.1) is 11.7 Å². The number of nitrogens with one attached hydrogen (secondary N) is 1. The Morgan fingerprint density at radius 2 is 2.10 bits per heavy atom. The van der Waals surface area contributed by atoms with Gasteiger partial charge in [0.2, 0.25) is 0 Å². The van der Waals surface area contributed by atoms with Gasteiger partial charge in [0.15, 0.2) is 0 Å². The summed E-state index contributed by atoms with van der Waals surface area (Å²) in [6.45, 7) is 2.64. The topological polar surface area (TPSA) is 15.3 Å². The van der Waals surface area contributed by atoms with Gasteiger partial charge in [0, 0.05) is 13.1 Å². The molecule has 1 N–H and O–H groups in total. The second kappa shape index (κ2) is 6.10. The molecule has 1 unspecified atom stereocenters. The molecule has 1 fully saturated rings. The summed E-state index contributed by atoms with van der Waals surface area (Å²) < 4.78 is 51.7. The lowest BCUT2D eigenvalue weighted by molar-refractivity contribution is -0.138. The van der Waals surface area contributed by atoms with Crippen LogP contribution < -0.4 is 5.32 Å². The van der Waals surface area contributed by atoms with Crippen LogP contribution in [0.3, 0.4) is 0 Å². The summed E-state index contributed by atoms with van der Waals surface area (Å²) in [5.74, 6) is -0.384. The largest absolute Gasteiger partial charge is 0.416 e. The van der Waals surface area contributed by atoms with Gasteiger partial charge in [-0.25, -0.2) is 4.39 Å². The van der Waals surface area contributed by atoms with Crippen LogP contribution in [0.15, 0.2) is 18.2 Å². The van der Waals surface area contributed by atoms with E-state index < -0.39 is 17.6 Å². The Hall–Kier alpha value is -1.14. The summed E-state index contributed by atoms with van der Waals surface area (Å²) in [6, 6.07) is 2.91. The molecule has 20 heavy (non-hydrogen) atoms. The molecule has 0 saturated carbocycles. The van der Waals surface area contributed by atoms with Gasteiger partial charge >= 0.3 is 6.18 Å². The van der Waals surface area contributed by atoms with Crippen LogP contribution in [0.4, 0.5) is 17.6 Å². The second-order valence-electron chi connectivity index (χ2n) is 5.25. The molecule has 6 heteroatoms. The SMILES string of the molecule is CNCC1CCN(Cc2ccc(F)cc2C(F)(F)F)C1. The van der Waals surface area contributed by atoms with Gasteiger partial charge in [0.25, 0.3) is 0 Å². The molecule has 0 aromatic heterocycles.